The highest BCUT2D eigenvalue weighted by Crippen LogP contribution is 2.33. The van der Waals surface area contributed by atoms with E-state index in [9.17, 15) is 18.0 Å². The van der Waals surface area contributed by atoms with E-state index in [-0.39, 0.29) is 5.69 Å². The third-order valence-electron chi connectivity index (χ3n) is 6.42. The quantitative estimate of drug-likeness (QED) is 0.434. The molecule has 0 bridgehead atoms. The van der Waals surface area contributed by atoms with Crippen molar-refractivity contribution in [3.8, 4) is 17.0 Å². The van der Waals surface area contributed by atoms with E-state index >= 15 is 0 Å². The van der Waals surface area contributed by atoms with Gasteiger partial charge in [0.15, 0.2) is 0 Å². The number of morpholine rings is 1. The smallest absolute Gasteiger partial charge is 0.433 e. The zero-order valence-corrected chi connectivity index (χ0v) is 21.3. The molecule has 1 aromatic carbocycles. The Bertz CT molecular complexity index is 1310. The molecule has 2 N–H and O–H groups in total. The summed E-state index contributed by atoms with van der Waals surface area (Å²) in [5, 5.41) is 5.24. The van der Waals surface area contributed by atoms with E-state index < -0.39 is 17.9 Å². The molecule has 12 heteroatoms. The second-order valence-corrected chi connectivity index (χ2v) is 9.40. The van der Waals surface area contributed by atoms with Crippen molar-refractivity contribution in [2.24, 2.45) is 5.92 Å². The van der Waals surface area contributed by atoms with Gasteiger partial charge in [0.05, 0.1) is 44.9 Å². The van der Waals surface area contributed by atoms with Crippen LogP contribution in [0, 0.1) is 12.8 Å². The predicted octanol–water partition coefficient (Wildman–Crippen LogP) is 4.98. The van der Waals surface area contributed by atoms with Gasteiger partial charge >= 0.3 is 12.2 Å². The normalized spacial score (nSPS) is 15.9. The fraction of sp³-hybridized carbons (Fsp3) is 0.370. The van der Waals surface area contributed by atoms with Crippen molar-refractivity contribution in [1.82, 2.24) is 9.97 Å². The van der Waals surface area contributed by atoms with Crippen LogP contribution in [0.5, 0.6) is 5.88 Å². The second kappa shape index (κ2) is 11.5. The van der Waals surface area contributed by atoms with E-state index in [1.165, 1.54) is 0 Å². The van der Waals surface area contributed by atoms with Gasteiger partial charge in [0.1, 0.15) is 11.5 Å². The lowest BCUT2D eigenvalue weighted by Gasteiger charge is -2.29. The van der Waals surface area contributed by atoms with Crippen LogP contribution in [0.3, 0.4) is 0 Å². The number of urea groups is 1. The summed E-state index contributed by atoms with van der Waals surface area (Å²) in [7, 11) is 0. The molecule has 0 radical (unpaired) electrons. The predicted molar refractivity (Wildman–Crippen MR) is 139 cm³/mol. The molecule has 5 rings (SSSR count). The first-order chi connectivity index (χ1) is 18.7. The first kappa shape index (κ1) is 26.7. The fourth-order valence-electron chi connectivity index (χ4n) is 4.20. The van der Waals surface area contributed by atoms with E-state index in [1.54, 1.807) is 6.07 Å². The van der Waals surface area contributed by atoms with E-state index in [0.717, 1.165) is 40.8 Å². The van der Waals surface area contributed by atoms with E-state index in [2.05, 4.69) is 20.5 Å². The molecular weight excluding hydrogens is 515 g/mol. The van der Waals surface area contributed by atoms with E-state index in [1.807, 2.05) is 31.2 Å². The van der Waals surface area contributed by atoms with Crippen LogP contribution in [0.25, 0.3) is 11.1 Å². The van der Waals surface area contributed by atoms with Crippen molar-refractivity contribution in [2.75, 3.05) is 61.7 Å². The number of benzene rings is 1. The number of aromatic nitrogens is 2. The Morgan fingerprint density at radius 1 is 1.05 bits per heavy atom. The molecule has 206 valence electrons. The maximum Gasteiger partial charge on any atom is 0.433 e. The number of ether oxygens (including phenoxy) is 3. The van der Waals surface area contributed by atoms with Gasteiger partial charge in [-0.1, -0.05) is 6.07 Å². The second-order valence-electron chi connectivity index (χ2n) is 9.40. The summed E-state index contributed by atoms with van der Waals surface area (Å²) < 4.78 is 55.0. The lowest BCUT2D eigenvalue weighted by molar-refractivity contribution is -0.141. The highest BCUT2D eigenvalue weighted by molar-refractivity contribution is 6.00. The number of aryl methyl sites for hydroxylation is 1. The molecule has 0 atom stereocenters. The molecule has 2 aromatic heterocycles. The first-order valence-corrected chi connectivity index (χ1v) is 12.5. The first-order valence-electron chi connectivity index (χ1n) is 12.5. The summed E-state index contributed by atoms with van der Waals surface area (Å²) in [5.41, 5.74) is 2.33. The Morgan fingerprint density at radius 2 is 1.79 bits per heavy atom. The summed E-state index contributed by atoms with van der Waals surface area (Å²) in [4.78, 5) is 22.8. The number of alkyl halides is 3. The average Bonchev–Trinajstić information content (AvgIpc) is 2.89. The summed E-state index contributed by atoms with van der Waals surface area (Å²) in [5.74, 6) is 1.63. The molecule has 2 fully saturated rings. The lowest BCUT2D eigenvalue weighted by Crippen LogP contribution is -2.37. The molecule has 2 amide bonds. The largest absolute Gasteiger partial charge is 0.477 e. The number of hydrogen-bond acceptors (Lipinski definition) is 7. The molecule has 3 aromatic rings. The number of anilines is 3. The van der Waals surface area contributed by atoms with Gasteiger partial charge in [0.25, 0.3) is 0 Å². The van der Waals surface area contributed by atoms with Crippen molar-refractivity contribution in [2.45, 2.75) is 13.1 Å². The number of carbonyl (C=O) groups excluding carboxylic acids is 1. The van der Waals surface area contributed by atoms with Crippen LogP contribution in [-0.4, -0.2) is 62.1 Å². The molecular formula is C27H28F3N5O4. The standard InChI is InChI=1S/C27H28F3N5O4/c1-17-2-3-20(32-26(36)33-21-4-5-23(31-13-21)27(28,29)30)12-22(17)19-10-24(35-6-8-37-9-7-35)34-25(11-19)39-16-18-14-38-15-18/h2-5,10-13,18H,6-9,14-16H2,1H3,(H2,32,33,36). The number of hydrogen-bond donors (Lipinski definition) is 2. The van der Waals surface area contributed by atoms with Crippen LogP contribution in [0.1, 0.15) is 11.3 Å². The zero-order chi connectivity index (χ0) is 27.4. The molecule has 39 heavy (non-hydrogen) atoms. The molecule has 4 heterocycles. The van der Waals surface area contributed by atoms with Crippen molar-refractivity contribution in [3.05, 3.63) is 59.9 Å². The molecule has 2 aliphatic rings. The van der Waals surface area contributed by atoms with Crippen molar-refractivity contribution in [1.29, 1.82) is 0 Å². The highest BCUT2D eigenvalue weighted by Gasteiger charge is 2.32. The van der Waals surface area contributed by atoms with Crippen LogP contribution in [0.15, 0.2) is 48.7 Å². The number of nitrogens with one attached hydrogen (secondary N) is 2. The molecule has 0 unspecified atom stereocenters. The van der Waals surface area contributed by atoms with Crippen LogP contribution in [-0.2, 0) is 15.7 Å². The number of carbonyl (C=O) groups is 1. The fourth-order valence-corrected chi connectivity index (χ4v) is 4.20. The Labute approximate surface area is 223 Å². The molecule has 9 nitrogen and oxygen atoms in total. The van der Waals surface area contributed by atoms with Crippen LogP contribution in [0.2, 0.25) is 0 Å². The van der Waals surface area contributed by atoms with Gasteiger partial charge in [0.2, 0.25) is 5.88 Å². The molecule has 2 saturated heterocycles. The van der Waals surface area contributed by atoms with Gasteiger partial charge < -0.3 is 29.7 Å². The number of rotatable bonds is 7. The molecule has 0 saturated carbocycles. The van der Waals surface area contributed by atoms with E-state index in [0.29, 0.717) is 63.6 Å². The molecule has 2 aliphatic heterocycles. The Balaban J connectivity index is 1.35. The van der Waals surface area contributed by atoms with Gasteiger partial charge in [-0.15, -0.1) is 0 Å². The maximum atomic E-state index is 12.7. The third kappa shape index (κ3) is 6.76. The Hall–Kier alpha value is -3.90. The number of nitrogens with zero attached hydrogens (tertiary/aromatic N) is 3. The number of amides is 2. The van der Waals surface area contributed by atoms with Gasteiger partial charge in [-0.25, -0.2) is 9.78 Å². The van der Waals surface area contributed by atoms with Crippen LogP contribution >= 0.6 is 0 Å². The summed E-state index contributed by atoms with van der Waals surface area (Å²) in [6.07, 6.45) is -3.59. The summed E-state index contributed by atoms with van der Waals surface area (Å²) in [6, 6.07) is 10.7. The minimum Gasteiger partial charge on any atom is -0.477 e. The lowest BCUT2D eigenvalue weighted by atomic mass is 10.00. The maximum absolute atomic E-state index is 12.7. The molecule has 0 aliphatic carbocycles. The average molecular weight is 544 g/mol. The summed E-state index contributed by atoms with van der Waals surface area (Å²) >= 11 is 0. The monoisotopic (exact) mass is 543 g/mol. The van der Waals surface area contributed by atoms with E-state index in [4.69, 9.17) is 19.2 Å². The van der Waals surface area contributed by atoms with Crippen LogP contribution < -0.4 is 20.3 Å². The van der Waals surface area contributed by atoms with Crippen LogP contribution in [0.4, 0.5) is 35.2 Å². The van der Waals surface area contributed by atoms with Gasteiger partial charge in [-0.3, -0.25) is 0 Å². The topological polar surface area (TPSA) is 97.8 Å². The van der Waals surface area contributed by atoms with Gasteiger partial charge in [-0.05, 0) is 53.9 Å². The SMILES string of the molecule is Cc1ccc(NC(=O)Nc2ccc(C(F)(F)F)nc2)cc1-c1cc(OCC2COC2)nc(N2CCOCC2)c1. The third-order valence-corrected chi connectivity index (χ3v) is 6.42. The van der Waals surface area contributed by atoms with Crippen molar-refractivity contribution < 1.29 is 32.2 Å². The van der Waals surface area contributed by atoms with Crippen molar-refractivity contribution in [3.63, 3.8) is 0 Å². The number of pyridine rings is 2. The zero-order valence-electron chi connectivity index (χ0n) is 21.3. The Kier molecular flexibility index (Phi) is 7.84. The highest BCUT2D eigenvalue weighted by atomic mass is 19.4. The van der Waals surface area contributed by atoms with Gasteiger partial charge in [-0.2, -0.15) is 18.2 Å². The Morgan fingerprint density at radius 3 is 2.46 bits per heavy atom. The minimum absolute atomic E-state index is 0.135. The van der Waals surface area contributed by atoms with Gasteiger partial charge in [0, 0.05) is 30.8 Å². The summed E-state index contributed by atoms with van der Waals surface area (Å²) in [6.45, 7) is 6.48. The molecule has 0 spiro atoms. The number of halogens is 3. The minimum atomic E-state index is -4.55. The van der Waals surface area contributed by atoms with Crippen molar-refractivity contribution >= 4 is 23.2 Å².